The summed E-state index contributed by atoms with van der Waals surface area (Å²) in [5, 5.41) is 14.2. The number of hydrogen-bond acceptors (Lipinski definition) is 6. The van der Waals surface area contributed by atoms with Crippen LogP contribution in [0.1, 0.15) is 40.4 Å². The first-order chi connectivity index (χ1) is 17.0. The number of amides is 2. The van der Waals surface area contributed by atoms with Crippen LogP contribution in [0.2, 0.25) is 0 Å². The van der Waals surface area contributed by atoms with Crippen LogP contribution in [0.25, 0.3) is 11.1 Å². The number of hydrogen-bond donors (Lipinski definition) is 3. The summed E-state index contributed by atoms with van der Waals surface area (Å²) in [6.07, 6.45) is 0.261. The molecule has 2 aromatic carbocycles. The van der Waals surface area contributed by atoms with E-state index in [4.69, 9.17) is 19.0 Å². The van der Waals surface area contributed by atoms with Crippen LogP contribution in [0.5, 0.6) is 0 Å². The molecule has 1 aliphatic heterocycles. The number of carboxylic acids is 1. The molecule has 2 aliphatic rings. The summed E-state index contributed by atoms with van der Waals surface area (Å²) in [5.74, 6) is -1.72. The normalized spacial score (nSPS) is 18.5. The Kier molecular flexibility index (Phi) is 6.24. The highest BCUT2D eigenvalue weighted by Crippen LogP contribution is 2.44. The van der Waals surface area contributed by atoms with Crippen molar-refractivity contribution < 1.29 is 33.4 Å². The van der Waals surface area contributed by atoms with Crippen molar-refractivity contribution >= 4 is 23.7 Å². The van der Waals surface area contributed by atoms with Crippen LogP contribution in [0.3, 0.4) is 0 Å². The van der Waals surface area contributed by atoms with Gasteiger partial charge in [0.2, 0.25) is 5.76 Å². The Bertz CT molecular complexity index is 1220. The SMILES string of the molecule is O=C(Nc1ccoc1C(=O)NCC1CCC(C(=O)O)O1)OCC1c2ccccc2-c2ccccc21. The number of aliphatic carboxylic acids is 1. The van der Waals surface area contributed by atoms with E-state index in [9.17, 15) is 14.4 Å². The zero-order valence-electron chi connectivity index (χ0n) is 18.7. The number of fused-ring (bicyclic) bond motifs is 3. The smallest absolute Gasteiger partial charge is 0.411 e. The van der Waals surface area contributed by atoms with Crippen LogP contribution in [0.4, 0.5) is 10.5 Å². The van der Waals surface area contributed by atoms with Gasteiger partial charge in [-0.15, -0.1) is 0 Å². The number of carboxylic acid groups (broad SMARTS) is 1. The molecule has 9 nitrogen and oxygen atoms in total. The van der Waals surface area contributed by atoms with Crippen molar-refractivity contribution in [1.29, 1.82) is 0 Å². The molecule has 3 aromatic rings. The van der Waals surface area contributed by atoms with Crippen LogP contribution in [0.15, 0.2) is 65.3 Å². The summed E-state index contributed by atoms with van der Waals surface area (Å²) >= 11 is 0. The molecule has 3 N–H and O–H groups in total. The molecular formula is C26H24N2O7. The maximum absolute atomic E-state index is 12.6. The second-order valence-corrected chi connectivity index (χ2v) is 8.49. The zero-order chi connectivity index (χ0) is 24.4. The van der Waals surface area contributed by atoms with E-state index in [-0.39, 0.29) is 30.5 Å². The molecule has 1 aliphatic carbocycles. The van der Waals surface area contributed by atoms with Crippen molar-refractivity contribution in [3.8, 4) is 11.1 Å². The third-order valence-corrected chi connectivity index (χ3v) is 6.33. The Balaban J connectivity index is 1.17. The number of nitrogens with one attached hydrogen (secondary N) is 2. The highest BCUT2D eigenvalue weighted by atomic mass is 16.5. The van der Waals surface area contributed by atoms with Crippen molar-refractivity contribution in [3.63, 3.8) is 0 Å². The molecule has 5 rings (SSSR count). The lowest BCUT2D eigenvalue weighted by molar-refractivity contribution is -0.149. The first-order valence-electron chi connectivity index (χ1n) is 11.4. The van der Waals surface area contributed by atoms with Crippen molar-refractivity contribution in [2.24, 2.45) is 0 Å². The van der Waals surface area contributed by atoms with Gasteiger partial charge >= 0.3 is 12.1 Å². The summed E-state index contributed by atoms with van der Waals surface area (Å²) < 4.78 is 16.2. The van der Waals surface area contributed by atoms with E-state index in [2.05, 4.69) is 22.8 Å². The van der Waals surface area contributed by atoms with Gasteiger partial charge in [0.15, 0.2) is 6.10 Å². The third-order valence-electron chi connectivity index (χ3n) is 6.33. The largest absolute Gasteiger partial charge is 0.479 e. The Morgan fingerprint density at radius 1 is 0.971 bits per heavy atom. The Hall–Kier alpha value is -4.11. The number of benzene rings is 2. The van der Waals surface area contributed by atoms with Gasteiger partial charge in [-0.1, -0.05) is 48.5 Å². The molecule has 1 saturated heterocycles. The minimum Gasteiger partial charge on any atom is -0.479 e. The van der Waals surface area contributed by atoms with Crippen LogP contribution in [-0.2, 0) is 14.3 Å². The number of carbonyl (C=O) groups excluding carboxylic acids is 2. The van der Waals surface area contributed by atoms with E-state index in [0.29, 0.717) is 12.8 Å². The average molecular weight is 476 g/mol. The van der Waals surface area contributed by atoms with E-state index >= 15 is 0 Å². The summed E-state index contributed by atoms with van der Waals surface area (Å²) in [6, 6.07) is 17.5. The van der Waals surface area contributed by atoms with E-state index < -0.39 is 30.2 Å². The van der Waals surface area contributed by atoms with Crippen molar-refractivity contribution in [3.05, 3.63) is 77.7 Å². The molecular weight excluding hydrogens is 452 g/mol. The fourth-order valence-electron chi connectivity index (χ4n) is 4.65. The molecule has 2 heterocycles. The van der Waals surface area contributed by atoms with Gasteiger partial charge in [-0.25, -0.2) is 9.59 Å². The van der Waals surface area contributed by atoms with Gasteiger partial charge in [0.25, 0.3) is 5.91 Å². The second kappa shape index (κ2) is 9.63. The Morgan fingerprint density at radius 2 is 1.66 bits per heavy atom. The summed E-state index contributed by atoms with van der Waals surface area (Å²) in [6.45, 7) is 0.275. The zero-order valence-corrected chi connectivity index (χ0v) is 18.7. The maximum atomic E-state index is 12.6. The summed E-state index contributed by atoms with van der Waals surface area (Å²) in [7, 11) is 0. The molecule has 0 spiro atoms. The second-order valence-electron chi connectivity index (χ2n) is 8.49. The predicted molar refractivity (Wildman–Crippen MR) is 125 cm³/mol. The van der Waals surface area contributed by atoms with E-state index in [0.717, 1.165) is 22.3 Å². The van der Waals surface area contributed by atoms with Gasteiger partial charge in [-0.2, -0.15) is 0 Å². The third kappa shape index (κ3) is 4.63. The first-order valence-corrected chi connectivity index (χ1v) is 11.4. The number of carbonyl (C=O) groups is 3. The predicted octanol–water partition coefficient (Wildman–Crippen LogP) is 4.00. The van der Waals surface area contributed by atoms with Crippen LogP contribution < -0.4 is 10.6 Å². The van der Waals surface area contributed by atoms with Gasteiger partial charge < -0.3 is 24.3 Å². The van der Waals surface area contributed by atoms with Crippen LogP contribution >= 0.6 is 0 Å². The molecule has 1 fully saturated rings. The Labute approximate surface area is 201 Å². The van der Waals surface area contributed by atoms with Gasteiger partial charge in [-0.05, 0) is 35.1 Å². The topological polar surface area (TPSA) is 127 Å². The van der Waals surface area contributed by atoms with Gasteiger partial charge in [0, 0.05) is 18.5 Å². The lowest BCUT2D eigenvalue weighted by Crippen LogP contribution is -2.33. The monoisotopic (exact) mass is 476 g/mol. The number of anilines is 1. The molecule has 0 radical (unpaired) electrons. The van der Waals surface area contributed by atoms with Gasteiger partial charge in [-0.3, -0.25) is 10.1 Å². The van der Waals surface area contributed by atoms with Gasteiger partial charge in [0.1, 0.15) is 6.61 Å². The average Bonchev–Trinajstić information content (AvgIpc) is 3.59. The van der Waals surface area contributed by atoms with E-state index in [1.807, 2.05) is 36.4 Å². The molecule has 0 bridgehead atoms. The molecule has 0 saturated carbocycles. The van der Waals surface area contributed by atoms with Crippen molar-refractivity contribution in [2.45, 2.75) is 31.0 Å². The van der Waals surface area contributed by atoms with Gasteiger partial charge in [0.05, 0.1) is 18.1 Å². The number of ether oxygens (including phenoxy) is 2. The number of rotatable bonds is 7. The minimum absolute atomic E-state index is 0.0775. The van der Waals surface area contributed by atoms with Crippen LogP contribution in [-0.4, -0.2) is 48.4 Å². The summed E-state index contributed by atoms with van der Waals surface area (Å²) in [4.78, 5) is 36.1. The lowest BCUT2D eigenvalue weighted by Gasteiger charge is -2.15. The molecule has 180 valence electrons. The Morgan fingerprint density at radius 3 is 2.31 bits per heavy atom. The lowest BCUT2D eigenvalue weighted by atomic mass is 9.98. The first kappa shape index (κ1) is 22.7. The standard InChI is InChI=1S/C26H24N2O7/c29-24(27-13-15-9-10-22(35-15)25(30)31)23-21(11-12-33-23)28-26(32)34-14-20-18-7-3-1-5-16(18)17-6-2-4-8-19(17)20/h1-8,11-12,15,20,22H,9-10,13-14H2,(H,27,29)(H,28,32)(H,30,31). The van der Waals surface area contributed by atoms with Crippen molar-refractivity contribution in [2.75, 3.05) is 18.5 Å². The minimum atomic E-state index is -1.01. The van der Waals surface area contributed by atoms with E-state index in [1.54, 1.807) is 0 Å². The van der Waals surface area contributed by atoms with Crippen LogP contribution in [0, 0.1) is 0 Å². The summed E-state index contributed by atoms with van der Waals surface area (Å²) in [5.41, 5.74) is 4.64. The fourth-order valence-corrected chi connectivity index (χ4v) is 4.65. The molecule has 35 heavy (non-hydrogen) atoms. The molecule has 2 atom stereocenters. The molecule has 2 unspecified atom stereocenters. The highest BCUT2D eigenvalue weighted by Gasteiger charge is 2.31. The number of furan rings is 1. The highest BCUT2D eigenvalue weighted by molar-refractivity contribution is 6.00. The fraction of sp³-hybridized carbons (Fsp3) is 0.269. The molecule has 2 amide bonds. The quantitative estimate of drug-likeness (QED) is 0.470. The molecule has 9 heteroatoms. The van der Waals surface area contributed by atoms with E-state index in [1.165, 1.54) is 12.3 Å². The van der Waals surface area contributed by atoms with Crippen molar-refractivity contribution in [1.82, 2.24) is 5.32 Å². The maximum Gasteiger partial charge on any atom is 0.411 e. The molecule has 1 aromatic heterocycles.